The average Bonchev–Trinajstić information content (AvgIpc) is 2.85. The molecule has 5 heteroatoms. The van der Waals surface area contributed by atoms with Gasteiger partial charge in [0, 0.05) is 23.9 Å². The molecule has 2 aliphatic carbocycles. The molecule has 118 valence electrons. The number of fused-ring (bicyclic) bond motifs is 3. The zero-order valence-corrected chi connectivity index (χ0v) is 13.8. The van der Waals surface area contributed by atoms with E-state index in [1.807, 2.05) is 13.8 Å². The van der Waals surface area contributed by atoms with Crippen LogP contribution in [0.3, 0.4) is 0 Å². The molecule has 0 aliphatic heterocycles. The summed E-state index contributed by atoms with van der Waals surface area (Å²) < 4.78 is 1.66. The largest absolute Gasteiger partial charge is 0.293 e. The third-order valence-corrected chi connectivity index (χ3v) is 5.53. The van der Waals surface area contributed by atoms with E-state index in [2.05, 4.69) is 17.2 Å². The van der Waals surface area contributed by atoms with Crippen LogP contribution in [0.15, 0.2) is 11.6 Å². The summed E-state index contributed by atoms with van der Waals surface area (Å²) in [6, 6.07) is 4.31. The van der Waals surface area contributed by atoms with Crippen LogP contribution >= 0.6 is 0 Å². The number of aryl methyl sites for hydroxylation is 1. The predicted octanol–water partition coefficient (Wildman–Crippen LogP) is 2.78. The Kier molecular flexibility index (Phi) is 3.60. The lowest BCUT2D eigenvalue weighted by atomic mass is 9.60. The Morgan fingerprint density at radius 2 is 2.04 bits per heavy atom. The maximum absolute atomic E-state index is 12.8. The molecule has 1 heterocycles. The number of hydrogen-bond acceptors (Lipinski definition) is 4. The van der Waals surface area contributed by atoms with Gasteiger partial charge in [-0.25, -0.2) is 0 Å². The molecule has 0 saturated heterocycles. The zero-order valence-electron chi connectivity index (χ0n) is 13.8. The zero-order chi connectivity index (χ0) is 16.8. The van der Waals surface area contributed by atoms with Crippen molar-refractivity contribution in [2.75, 3.05) is 0 Å². The molecule has 0 spiro atoms. The maximum Gasteiger partial charge on any atom is 0.178 e. The average molecular weight is 308 g/mol. The molecule has 0 amide bonds. The summed E-state index contributed by atoms with van der Waals surface area (Å²) in [5.41, 5.74) is 2.37. The van der Waals surface area contributed by atoms with Gasteiger partial charge in [0.1, 0.15) is 17.8 Å². The van der Waals surface area contributed by atoms with E-state index in [0.717, 1.165) is 30.5 Å². The Morgan fingerprint density at radius 3 is 2.70 bits per heavy atom. The number of nitrogens with zero attached hydrogens (tertiary/aromatic N) is 4. The van der Waals surface area contributed by atoms with Crippen LogP contribution < -0.4 is 0 Å². The van der Waals surface area contributed by atoms with E-state index in [9.17, 15) is 15.3 Å². The molecule has 0 saturated carbocycles. The minimum absolute atomic E-state index is 0.0606. The minimum Gasteiger partial charge on any atom is -0.293 e. The highest BCUT2D eigenvalue weighted by Crippen LogP contribution is 2.50. The molecule has 0 aromatic carbocycles. The fourth-order valence-electron chi connectivity index (χ4n) is 4.28. The number of carbonyl (C=O) groups excluding carboxylic acids is 1. The Labute approximate surface area is 136 Å². The summed E-state index contributed by atoms with van der Waals surface area (Å²) in [6.45, 7) is 3.89. The van der Waals surface area contributed by atoms with Crippen molar-refractivity contribution >= 4 is 5.78 Å². The third-order valence-electron chi connectivity index (χ3n) is 5.53. The SMILES string of the molecule is Cn1nc2c(c1C#N)CC[C@@H]1[C@H]2CCC=C(C#N)C(=O)C1(C)C. The number of rotatable bonds is 0. The quantitative estimate of drug-likeness (QED) is 0.738. The second-order valence-electron chi connectivity index (χ2n) is 7.06. The summed E-state index contributed by atoms with van der Waals surface area (Å²) in [5.74, 6) is 0.262. The Balaban J connectivity index is 2.11. The van der Waals surface area contributed by atoms with E-state index in [4.69, 9.17) is 0 Å². The second kappa shape index (κ2) is 5.35. The van der Waals surface area contributed by atoms with E-state index in [0.29, 0.717) is 12.1 Å². The lowest BCUT2D eigenvalue weighted by Gasteiger charge is -2.41. The highest BCUT2D eigenvalue weighted by atomic mass is 16.1. The molecule has 1 aromatic rings. The number of ketones is 1. The lowest BCUT2D eigenvalue weighted by Crippen LogP contribution is -2.40. The Morgan fingerprint density at radius 1 is 1.30 bits per heavy atom. The first kappa shape index (κ1) is 15.5. The second-order valence-corrected chi connectivity index (χ2v) is 7.06. The van der Waals surface area contributed by atoms with Crippen molar-refractivity contribution in [3.8, 4) is 12.1 Å². The van der Waals surface area contributed by atoms with Crippen LogP contribution in [0.2, 0.25) is 0 Å². The van der Waals surface area contributed by atoms with E-state index in [-0.39, 0.29) is 23.2 Å². The van der Waals surface area contributed by atoms with Gasteiger partial charge in [-0.1, -0.05) is 19.9 Å². The van der Waals surface area contributed by atoms with Gasteiger partial charge in [0.25, 0.3) is 0 Å². The van der Waals surface area contributed by atoms with E-state index in [1.165, 1.54) is 0 Å². The smallest absolute Gasteiger partial charge is 0.178 e. The fraction of sp³-hybridized carbons (Fsp3) is 0.556. The van der Waals surface area contributed by atoms with Crippen LogP contribution in [0.4, 0.5) is 0 Å². The summed E-state index contributed by atoms with van der Waals surface area (Å²) >= 11 is 0. The highest BCUT2D eigenvalue weighted by molar-refractivity contribution is 6.03. The number of carbonyl (C=O) groups is 1. The number of hydrogen-bond donors (Lipinski definition) is 0. The van der Waals surface area contributed by atoms with Crippen LogP contribution in [0.1, 0.15) is 56.0 Å². The Hall–Kier alpha value is -2.40. The first-order chi connectivity index (χ1) is 10.9. The van der Waals surface area contributed by atoms with Gasteiger partial charge in [-0.05, 0) is 31.6 Å². The molecule has 5 nitrogen and oxygen atoms in total. The topological polar surface area (TPSA) is 82.5 Å². The van der Waals surface area contributed by atoms with Crippen LogP contribution in [-0.4, -0.2) is 15.6 Å². The van der Waals surface area contributed by atoms with Gasteiger partial charge in [-0.3, -0.25) is 9.48 Å². The van der Waals surface area contributed by atoms with Crippen LogP contribution in [0, 0.1) is 34.0 Å². The predicted molar refractivity (Wildman–Crippen MR) is 84.2 cm³/mol. The summed E-state index contributed by atoms with van der Waals surface area (Å²) in [6.07, 6.45) is 4.96. The van der Waals surface area contributed by atoms with Crippen molar-refractivity contribution in [3.63, 3.8) is 0 Å². The van der Waals surface area contributed by atoms with Gasteiger partial charge in [0.2, 0.25) is 0 Å². The molecular formula is C18H20N4O. The summed E-state index contributed by atoms with van der Waals surface area (Å²) in [5, 5.41) is 23.2. The molecule has 0 bridgehead atoms. The lowest BCUT2D eigenvalue weighted by molar-refractivity contribution is -0.126. The first-order valence-electron chi connectivity index (χ1n) is 8.02. The van der Waals surface area contributed by atoms with Gasteiger partial charge in [-0.2, -0.15) is 15.6 Å². The number of Topliss-reactive ketones (excluding diaryl/α,β-unsaturated/α-hetero) is 1. The van der Waals surface area contributed by atoms with E-state index < -0.39 is 5.41 Å². The van der Waals surface area contributed by atoms with Gasteiger partial charge in [0.05, 0.1) is 11.3 Å². The van der Waals surface area contributed by atoms with Crippen LogP contribution in [0.25, 0.3) is 0 Å². The molecule has 0 fully saturated rings. The molecule has 2 atom stereocenters. The van der Waals surface area contributed by atoms with Crippen molar-refractivity contribution in [1.29, 1.82) is 10.5 Å². The molecule has 2 aliphatic rings. The standard InChI is InChI=1S/C18H20N4O/c1-18(2)14-8-7-13-15(10-20)22(3)21-16(13)12(14)6-4-5-11(9-19)17(18)23/h5,12,14H,4,6-8H2,1-3H3/t12-,14-/m1/s1. The molecule has 0 radical (unpaired) electrons. The highest BCUT2D eigenvalue weighted by Gasteiger charge is 2.47. The van der Waals surface area contributed by atoms with Crippen molar-refractivity contribution in [1.82, 2.24) is 9.78 Å². The molecule has 1 aromatic heterocycles. The monoisotopic (exact) mass is 308 g/mol. The van der Waals surface area contributed by atoms with Crippen LogP contribution in [0.5, 0.6) is 0 Å². The summed E-state index contributed by atoms with van der Waals surface area (Å²) in [7, 11) is 1.80. The van der Waals surface area contributed by atoms with Crippen LogP contribution in [-0.2, 0) is 18.3 Å². The number of allylic oxidation sites excluding steroid dienone is 2. The Bertz CT molecular complexity index is 785. The van der Waals surface area contributed by atoms with E-state index >= 15 is 0 Å². The first-order valence-corrected chi connectivity index (χ1v) is 8.02. The normalized spacial score (nSPS) is 26.0. The molecule has 3 rings (SSSR count). The molecule has 0 N–H and O–H groups in total. The van der Waals surface area contributed by atoms with Gasteiger partial charge >= 0.3 is 0 Å². The molecule has 0 unspecified atom stereocenters. The maximum atomic E-state index is 12.8. The van der Waals surface area contributed by atoms with E-state index in [1.54, 1.807) is 17.8 Å². The third kappa shape index (κ3) is 2.19. The molecule has 23 heavy (non-hydrogen) atoms. The molecular weight excluding hydrogens is 288 g/mol. The van der Waals surface area contributed by atoms with Gasteiger partial charge in [-0.15, -0.1) is 0 Å². The number of aromatic nitrogens is 2. The van der Waals surface area contributed by atoms with Crippen molar-refractivity contribution in [2.45, 2.75) is 45.4 Å². The van der Waals surface area contributed by atoms with Gasteiger partial charge in [0.15, 0.2) is 5.78 Å². The number of nitriles is 2. The van der Waals surface area contributed by atoms with Gasteiger partial charge < -0.3 is 0 Å². The fourth-order valence-corrected chi connectivity index (χ4v) is 4.28. The summed E-state index contributed by atoms with van der Waals surface area (Å²) in [4.78, 5) is 12.8. The van der Waals surface area contributed by atoms with Crippen molar-refractivity contribution in [3.05, 3.63) is 28.6 Å². The van der Waals surface area contributed by atoms with Crippen molar-refractivity contribution in [2.24, 2.45) is 18.4 Å². The minimum atomic E-state index is -0.589. The van der Waals surface area contributed by atoms with Crippen molar-refractivity contribution < 1.29 is 4.79 Å².